The van der Waals surface area contributed by atoms with Crippen LogP contribution in [0.25, 0.3) is 6.08 Å². The van der Waals surface area contributed by atoms with Gasteiger partial charge in [-0.05, 0) is 55.7 Å². The highest BCUT2D eigenvalue weighted by Crippen LogP contribution is 2.38. The Labute approximate surface area is 181 Å². The van der Waals surface area contributed by atoms with E-state index in [-0.39, 0.29) is 5.91 Å². The molecule has 0 atom stereocenters. The van der Waals surface area contributed by atoms with Crippen LogP contribution < -0.4 is 14.4 Å². The van der Waals surface area contributed by atoms with Gasteiger partial charge in [-0.2, -0.15) is 0 Å². The normalized spacial score (nSPS) is 15.3. The lowest BCUT2D eigenvalue weighted by Crippen LogP contribution is -2.28. The van der Waals surface area contributed by atoms with Gasteiger partial charge in [-0.25, -0.2) is 0 Å². The quantitative estimate of drug-likeness (QED) is 0.294. The third kappa shape index (κ3) is 5.00. The maximum absolute atomic E-state index is 13.0. The van der Waals surface area contributed by atoms with Crippen LogP contribution in [-0.2, 0) is 4.79 Å². The van der Waals surface area contributed by atoms with Crippen LogP contribution in [0.2, 0.25) is 0 Å². The highest BCUT2D eigenvalue weighted by molar-refractivity contribution is 8.27. The number of hydrogen-bond acceptors (Lipinski definition) is 5. The fourth-order valence-electron chi connectivity index (χ4n) is 2.97. The van der Waals surface area contributed by atoms with Crippen molar-refractivity contribution in [2.24, 2.45) is 0 Å². The molecule has 1 fully saturated rings. The predicted octanol–water partition coefficient (Wildman–Crippen LogP) is 5.98. The Kier molecular flexibility index (Phi) is 7.34. The molecule has 4 nitrogen and oxygen atoms in total. The Morgan fingerprint density at radius 1 is 1.10 bits per heavy atom. The molecule has 0 spiro atoms. The van der Waals surface area contributed by atoms with Crippen LogP contribution in [0.1, 0.15) is 37.8 Å². The first-order chi connectivity index (χ1) is 14.0. The molecule has 3 rings (SSSR count). The number of amides is 1. The molecule has 0 saturated carbocycles. The third-order valence-electron chi connectivity index (χ3n) is 4.47. The average Bonchev–Trinajstić information content (AvgIpc) is 2.97. The number of anilines is 1. The number of unbranched alkanes of at least 4 members (excludes halogenated alkanes) is 1. The number of ether oxygens (including phenoxy) is 2. The molecule has 0 aliphatic carbocycles. The molecule has 0 radical (unpaired) electrons. The summed E-state index contributed by atoms with van der Waals surface area (Å²) in [6.45, 7) is 7.25. The molecular weight excluding hydrogens is 402 g/mol. The fourth-order valence-corrected chi connectivity index (χ4v) is 4.25. The smallest absolute Gasteiger partial charge is 0.270 e. The second-order valence-electron chi connectivity index (χ2n) is 6.64. The Morgan fingerprint density at radius 3 is 2.62 bits per heavy atom. The van der Waals surface area contributed by atoms with Crippen LogP contribution >= 0.6 is 24.0 Å². The Hall–Kier alpha value is -2.31. The van der Waals surface area contributed by atoms with E-state index in [4.69, 9.17) is 21.7 Å². The standard InChI is InChI=1S/C23H25NO3S2/c1-4-6-13-27-19-12-11-17(14-20(19)26-5-2)15-21-22(25)24(23(28)29-21)18-10-8-7-9-16(18)3/h7-12,14-15H,4-6,13H2,1-3H3/b21-15-. The van der Waals surface area contributed by atoms with Gasteiger partial charge in [0.1, 0.15) is 0 Å². The van der Waals surface area contributed by atoms with E-state index < -0.39 is 0 Å². The number of thiocarbonyl (C=S) groups is 1. The number of nitrogens with zero attached hydrogens (tertiary/aromatic N) is 1. The molecule has 2 aromatic carbocycles. The summed E-state index contributed by atoms with van der Waals surface area (Å²) in [5.41, 5.74) is 2.71. The van der Waals surface area contributed by atoms with E-state index in [1.807, 2.05) is 62.4 Å². The van der Waals surface area contributed by atoms with Crippen molar-refractivity contribution in [1.29, 1.82) is 0 Å². The summed E-state index contributed by atoms with van der Waals surface area (Å²) in [6, 6.07) is 13.5. The van der Waals surface area contributed by atoms with Crippen LogP contribution in [0, 0.1) is 6.92 Å². The summed E-state index contributed by atoms with van der Waals surface area (Å²) < 4.78 is 12.1. The summed E-state index contributed by atoms with van der Waals surface area (Å²) in [5.74, 6) is 1.31. The Balaban J connectivity index is 1.86. The van der Waals surface area contributed by atoms with Gasteiger partial charge in [-0.3, -0.25) is 9.69 Å². The minimum Gasteiger partial charge on any atom is -0.490 e. The first-order valence-corrected chi connectivity index (χ1v) is 11.0. The van der Waals surface area contributed by atoms with Gasteiger partial charge in [-0.15, -0.1) is 0 Å². The minimum atomic E-state index is -0.101. The zero-order valence-electron chi connectivity index (χ0n) is 16.9. The number of benzene rings is 2. The van der Waals surface area contributed by atoms with Crippen molar-refractivity contribution in [2.75, 3.05) is 18.1 Å². The van der Waals surface area contributed by atoms with Crippen molar-refractivity contribution in [3.63, 3.8) is 0 Å². The molecule has 2 aromatic rings. The third-order valence-corrected chi connectivity index (χ3v) is 5.77. The first-order valence-electron chi connectivity index (χ1n) is 9.78. The highest BCUT2D eigenvalue weighted by atomic mass is 32.2. The highest BCUT2D eigenvalue weighted by Gasteiger charge is 2.33. The number of hydrogen-bond donors (Lipinski definition) is 0. The molecule has 0 N–H and O–H groups in total. The largest absolute Gasteiger partial charge is 0.490 e. The van der Waals surface area contributed by atoms with Crippen LogP contribution in [0.4, 0.5) is 5.69 Å². The van der Waals surface area contributed by atoms with Gasteiger partial charge in [0, 0.05) is 0 Å². The molecular formula is C23H25NO3S2. The molecule has 0 aromatic heterocycles. The molecule has 6 heteroatoms. The summed E-state index contributed by atoms with van der Waals surface area (Å²) in [5, 5.41) is 0. The van der Waals surface area contributed by atoms with Gasteiger partial charge in [0.25, 0.3) is 5.91 Å². The van der Waals surface area contributed by atoms with Gasteiger partial charge in [-0.1, -0.05) is 61.6 Å². The minimum absolute atomic E-state index is 0.101. The van der Waals surface area contributed by atoms with E-state index in [1.165, 1.54) is 11.8 Å². The number of thioether (sulfide) groups is 1. The Morgan fingerprint density at radius 2 is 1.90 bits per heavy atom. The van der Waals surface area contributed by atoms with Crippen molar-refractivity contribution < 1.29 is 14.3 Å². The lowest BCUT2D eigenvalue weighted by atomic mass is 10.1. The SMILES string of the molecule is CCCCOc1ccc(/C=C2\SC(=S)N(c3ccccc3C)C2=O)cc1OCC. The molecule has 29 heavy (non-hydrogen) atoms. The summed E-state index contributed by atoms with van der Waals surface area (Å²) >= 11 is 6.80. The Bertz CT molecular complexity index is 939. The molecule has 0 bridgehead atoms. The molecule has 152 valence electrons. The second kappa shape index (κ2) is 9.94. The van der Waals surface area contributed by atoms with Crippen LogP contribution in [0.3, 0.4) is 0 Å². The van der Waals surface area contributed by atoms with Gasteiger partial charge in [0.05, 0.1) is 23.8 Å². The fraction of sp³-hybridized carbons (Fsp3) is 0.304. The second-order valence-corrected chi connectivity index (χ2v) is 8.32. The molecule has 1 heterocycles. The van der Waals surface area contributed by atoms with Crippen LogP contribution in [0.5, 0.6) is 11.5 Å². The monoisotopic (exact) mass is 427 g/mol. The zero-order valence-corrected chi connectivity index (χ0v) is 18.6. The van der Waals surface area contributed by atoms with Crippen LogP contribution in [0.15, 0.2) is 47.4 Å². The number of aryl methyl sites for hydroxylation is 1. The van der Waals surface area contributed by atoms with E-state index in [0.29, 0.717) is 28.2 Å². The lowest BCUT2D eigenvalue weighted by Gasteiger charge is -2.16. The predicted molar refractivity (Wildman–Crippen MR) is 125 cm³/mol. The molecule has 1 amide bonds. The number of carbonyl (C=O) groups is 1. The van der Waals surface area contributed by atoms with Gasteiger partial charge >= 0.3 is 0 Å². The summed E-state index contributed by atoms with van der Waals surface area (Å²) in [6.07, 6.45) is 3.93. The van der Waals surface area contributed by atoms with E-state index in [1.54, 1.807) is 4.90 Å². The first kappa shape index (κ1) is 21.4. The van der Waals surface area contributed by atoms with Crippen molar-refractivity contribution >= 4 is 46.0 Å². The van der Waals surface area contributed by atoms with E-state index in [0.717, 1.165) is 35.4 Å². The van der Waals surface area contributed by atoms with Crippen molar-refractivity contribution in [3.05, 3.63) is 58.5 Å². The zero-order chi connectivity index (χ0) is 20.8. The number of para-hydroxylation sites is 1. The molecule has 1 aliphatic rings. The molecule has 1 saturated heterocycles. The topological polar surface area (TPSA) is 38.8 Å². The van der Waals surface area contributed by atoms with Crippen molar-refractivity contribution in [3.8, 4) is 11.5 Å². The lowest BCUT2D eigenvalue weighted by molar-refractivity contribution is -0.113. The summed E-state index contributed by atoms with van der Waals surface area (Å²) in [7, 11) is 0. The van der Waals surface area contributed by atoms with E-state index in [2.05, 4.69) is 6.92 Å². The number of rotatable bonds is 8. The average molecular weight is 428 g/mol. The van der Waals surface area contributed by atoms with E-state index in [9.17, 15) is 4.79 Å². The molecule has 0 unspecified atom stereocenters. The van der Waals surface area contributed by atoms with Gasteiger partial charge in [0.2, 0.25) is 0 Å². The van der Waals surface area contributed by atoms with Crippen molar-refractivity contribution in [2.45, 2.75) is 33.6 Å². The summed E-state index contributed by atoms with van der Waals surface area (Å²) in [4.78, 5) is 15.2. The van der Waals surface area contributed by atoms with Gasteiger partial charge in [0.15, 0.2) is 15.8 Å². The maximum Gasteiger partial charge on any atom is 0.270 e. The van der Waals surface area contributed by atoms with Gasteiger partial charge < -0.3 is 9.47 Å². The van der Waals surface area contributed by atoms with Crippen molar-refractivity contribution in [1.82, 2.24) is 0 Å². The number of carbonyl (C=O) groups excluding carboxylic acids is 1. The molecule has 1 aliphatic heterocycles. The van der Waals surface area contributed by atoms with E-state index >= 15 is 0 Å². The van der Waals surface area contributed by atoms with Crippen LogP contribution in [-0.4, -0.2) is 23.4 Å². The maximum atomic E-state index is 13.0.